The van der Waals surface area contributed by atoms with Crippen molar-refractivity contribution in [2.45, 2.75) is 51.0 Å². The lowest BCUT2D eigenvalue weighted by atomic mass is 10.4. The molecule has 0 aromatic heterocycles. The Morgan fingerprint density at radius 1 is 0.833 bits per heavy atom. The summed E-state index contributed by atoms with van der Waals surface area (Å²) < 4.78 is 0. The molecule has 0 aromatic rings. The summed E-state index contributed by atoms with van der Waals surface area (Å²) in [5, 5.41) is 1.58. The van der Waals surface area contributed by atoms with E-state index in [1.54, 1.807) is 0 Å². The predicted molar refractivity (Wildman–Crippen MR) is 69.9 cm³/mol. The first-order valence-electron chi connectivity index (χ1n) is 4.36. The van der Waals surface area contributed by atoms with E-state index in [1.165, 1.54) is 12.8 Å². The summed E-state index contributed by atoms with van der Waals surface area (Å²) in [5.41, 5.74) is 0. The third-order valence-corrected chi connectivity index (χ3v) is 9.14. The normalized spacial score (nSPS) is 16.0. The van der Waals surface area contributed by atoms with Crippen LogP contribution in [0.2, 0.25) is 0 Å². The van der Waals surface area contributed by atoms with E-state index in [9.17, 15) is 0 Å². The molecule has 0 fully saturated rings. The first-order chi connectivity index (χ1) is 5.70. The second-order valence-electron chi connectivity index (χ2n) is 2.77. The van der Waals surface area contributed by atoms with Gasteiger partial charge in [-0.25, -0.2) is 0 Å². The maximum atomic E-state index is 2.28. The summed E-state index contributed by atoms with van der Waals surface area (Å²) in [5.74, 6) is 0. The molecule has 0 rings (SSSR count). The van der Waals surface area contributed by atoms with Gasteiger partial charge in [-0.3, -0.25) is 0 Å². The van der Waals surface area contributed by atoms with Crippen molar-refractivity contribution in [1.29, 1.82) is 0 Å². The molecule has 2 atom stereocenters. The molecule has 0 amide bonds. The first-order valence-corrected chi connectivity index (χ1v) is 9.30. The quantitative estimate of drug-likeness (QED) is 0.441. The maximum absolute atomic E-state index is 2.28. The molecular weight excluding hydrogens is 224 g/mol. The van der Waals surface area contributed by atoms with Crippen molar-refractivity contribution in [3.8, 4) is 0 Å². The Bertz CT molecular complexity index is 85.1. The fourth-order valence-corrected chi connectivity index (χ4v) is 7.44. The summed E-state index contributed by atoms with van der Waals surface area (Å²) in [6.45, 7) is 9.05. The van der Waals surface area contributed by atoms with Crippen molar-refractivity contribution in [1.82, 2.24) is 0 Å². The Kier molecular flexibility index (Phi) is 10.0. The SMILES string of the molecule is CCC(C)SSSSC(C)CC. The molecule has 0 bridgehead atoms. The van der Waals surface area contributed by atoms with Gasteiger partial charge in [-0.2, -0.15) is 0 Å². The number of hydrogen-bond acceptors (Lipinski definition) is 4. The molecule has 0 aliphatic carbocycles. The van der Waals surface area contributed by atoms with Gasteiger partial charge >= 0.3 is 0 Å². The summed E-state index contributed by atoms with van der Waals surface area (Å²) in [6, 6.07) is 0. The van der Waals surface area contributed by atoms with Crippen LogP contribution in [0.15, 0.2) is 0 Å². The summed E-state index contributed by atoms with van der Waals surface area (Å²) >= 11 is 0. The van der Waals surface area contributed by atoms with Gasteiger partial charge in [-0.05, 0) is 32.5 Å². The van der Waals surface area contributed by atoms with Gasteiger partial charge in [-0.15, -0.1) is 0 Å². The van der Waals surface area contributed by atoms with Gasteiger partial charge in [0, 0.05) is 10.5 Å². The Labute approximate surface area is 92.0 Å². The van der Waals surface area contributed by atoms with Crippen molar-refractivity contribution >= 4 is 41.2 Å². The van der Waals surface area contributed by atoms with Crippen LogP contribution in [0.3, 0.4) is 0 Å². The van der Waals surface area contributed by atoms with Crippen molar-refractivity contribution < 1.29 is 0 Å². The van der Waals surface area contributed by atoms with Crippen LogP contribution in [-0.4, -0.2) is 10.5 Å². The molecule has 0 saturated heterocycles. The molecule has 0 N–H and O–H groups in total. The van der Waals surface area contributed by atoms with Crippen molar-refractivity contribution in [2.75, 3.05) is 0 Å². The Hall–Kier alpha value is 1.40. The molecular formula is C8H18S4. The Morgan fingerprint density at radius 2 is 1.17 bits per heavy atom. The molecule has 0 nitrogen and oxygen atoms in total. The van der Waals surface area contributed by atoms with E-state index in [-0.39, 0.29) is 0 Å². The maximum Gasteiger partial charge on any atom is 0.0129 e. The van der Waals surface area contributed by atoms with Crippen LogP contribution in [0, 0.1) is 0 Å². The molecule has 0 radical (unpaired) electrons. The van der Waals surface area contributed by atoms with E-state index in [0.717, 1.165) is 10.5 Å². The standard InChI is InChI=1S/C8H18S4/c1-5-7(3)9-11-12-10-8(4)6-2/h7-8H,5-6H2,1-4H3. The van der Waals surface area contributed by atoms with Crippen LogP contribution in [0.1, 0.15) is 40.5 Å². The van der Waals surface area contributed by atoms with Gasteiger partial charge < -0.3 is 0 Å². The topological polar surface area (TPSA) is 0 Å². The highest BCUT2D eigenvalue weighted by molar-refractivity contribution is 9.26. The van der Waals surface area contributed by atoms with E-state index in [4.69, 9.17) is 0 Å². The van der Waals surface area contributed by atoms with Crippen LogP contribution < -0.4 is 0 Å². The Balaban J connectivity index is 3.10. The highest BCUT2D eigenvalue weighted by Crippen LogP contribution is 2.47. The van der Waals surface area contributed by atoms with E-state index in [2.05, 4.69) is 27.7 Å². The van der Waals surface area contributed by atoms with Crippen molar-refractivity contribution in [3.05, 3.63) is 0 Å². The summed E-state index contributed by atoms with van der Waals surface area (Å²) in [4.78, 5) is 0. The van der Waals surface area contributed by atoms with Crippen LogP contribution in [0.4, 0.5) is 0 Å². The van der Waals surface area contributed by atoms with E-state index < -0.39 is 0 Å². The zero-order chi connectivity index (χ0) is 9.40. The van der Waals surface area contributed by atoms with Crippen LogP contribution in [0.5, 0.6) is 0 Å². The molecule has 0 aliphatic rings. The minimum atomic E-state index is 0.792. The Morgan fingerprint density at radius 3 is 1.42 bits per heavy atom. The van der Waals surface area contributed by atoms with Gasteiger partial charge in [0.2, 0.25) is 0 Å². The number of hydrogen-bond donors (Lipinski definition) is 0. The van der Waals surface area contributed by atoms with Crippen LogP contribution >= 0.6 is 41.2 Å². The number of rotatable bonds is 7. The molecule has 0 aliphatic heterocycles. The fourth-order valence-electron chi connectivity index (χ4n) is 0.302. The third-order valence-electron chi connectivity index (χ3n) is 1.58. The van der Waals surface area contributed by atoms with E-state index >= 15 is 0 Å². The zero-order valence-electron chi connectivity index (χ0n) is 8.20. The van der Waals surface area contributed by atoms with Gasteiger partial charge in [0.05, 0.1) is 0 Å². The first kappa shape index (κ1) is 13.4. The van der Waals surface area contributed by atoms with E-state index in [1.807, 2.05) is 41.2 Å². The van der Waals surface area contributed by atoms with Gasteiger partial charge in [0.1, 0.15) is 0 Å². The van der Waals surface area contributed by atoms with Gasteiger partial charge in [0.15, 0.2) is 0 Å². The molecule has 0 saturated carbocycles. The smallest absolute Gasteiger partial charge is 0.0129 e. The third kappa shape index (κ3) is 8.02. The zero-order valence-corrected chi connectivity index (χ0v) is 11.5. The second-order valence-corrected chi connectivity index (χ2v) is 9.45. The molecule has 0 aromatic carbocycles. The highest BCUT2D eigenvalue weighted by Gasteiger charge is 2.02. The largest absolute Gasteiger partial charge is 0.0786 e. The molecule has 12 heavy (non-hydrogen) atoms. The monoisotopic (exact) mass is 242 g/mol. The molecule has 74 valence electrons. The van der Waals surface area contributed by atoms with Gasteiger partial charge in [-0.1, -0.05) is 49.3 Å². The van der Waals surface area contributed by atoms with Crippen LogP contribution in [-0.2, 0) is 0 Å². The van der Waals surface area contributed by atoms with Crippen LogP contribution in [0.25, 0.3) is 0 Å². The lowest BCUT2D eigenvalue weighted by Crippen LogP contribution is -1.88. The van der Waals surface area contributed by atoms with Crippen molar-refractivity contribution in [3.63, 3.8) is 0 Å². The average Bonchev–Trinajstić information content (AvgIpc) is 2.11. The van der Waals surface area contributed by atoms with Crippen molar-refractivity contribution in [2.24, 2.45) is 0 Å². The summed E-state index contributed by atoms with van der Waals surface area (Å²) in [7, 11) is 7.83. The predicted octanol–water partition coefficient (Wildman–Crippen LogP) is 5.26. The summed E-state index contributed by atoms with van der Waals surface area (Å²) in [6.07, 6.45) is 2.54. The lowest BCUT2D eigenvalue weighted by molar-refractivity contribution is 0.912. The minimum absolute atomic E-state index is 0.792. The van der Waals surface area contributed by atoms with Gasteiger partial charge in [0.25, 0.3) is 0 Å². The van der Waals surface area contributed by atoms with E-state index in [0.29, 0.717) is 0 Å². The molecule has 0 spiro atoms. The molecule has 2 unspecified atom stereocenters. The lowest BCUT2D eigenvalue weighted by Gasteiger charge is -2.08. The minimum Gasteiger partial charge on any atom is -0.0786 e. The fraction of sp³-hybridized carbons (Fsp3) is 1.00. The molecule has 4 heteroatoms. The second kappa shape index (κ2) is 8.97. The molecule has 0 heterocycles. The highest BCUT2D eigenvalue weighted by atomic mass is 33.7. The average molecular weight is 242 g/mol.